The minimum absolute atomic E-state index is 0.0900. The number of rotatable bonds is 5. The minimum atomic E-state index is -3.10. The fourth-order valence-electron chi connectivity index (χ4n) is 2.69. The van der Waals surface area contributed by atoms with Crippen molar-refractivity contribution in [2.24, 2.45) is 5.92 Å². The van der Waals surface area contributed by atoms with E-state index in [1.165, 1.54) is 4.31 Å². The summed E-state index contributed by atoms with van der Waals surface area (Å²) >= 11 is 0. The molecule has 0 bridgehead atoms. The molecule has 0 aromatic heterocycles. The molecular formula is C13H24N2O3S. The normalized spacial score (nSPS) is 21.8. The number of hydrogen-bond donors (Lipinski definition) is 0. The third-order valence-electron chi connectivity index (χ3n) is 3.87. The summed E-state index contributed by atoms with van der Waals surface area (Å²) in [5.74, 6) is -0.0643. The highest BCUT2D eigenvalue weighted by molar-refractivity contribution is 7.90. The molecule has 1 amide bonds. The average Bonchev–Trinajstić information content (AvgIpc) is 2.94. The molecule has 5 nitrogen and oxygen atoms in total. The Morgan fingerprint density at radius 2 is 1.58 bits per heavy atom. The second-order valence-corrected chi connectivity index (χ2v) is 8.40. The lowest BCUT2D eigenvalue weighted by Gasteiger charge is -2.42. The van der Waals surface area contributed by atoms with E-state index in [0.717, 1.165) is 12.8 Å². The van der Waals surface area contributed by atoms with Crippen LogP contribution in [-0.2, 0) is 14.8 Å². The van der Waals surface area contributed by atoms with Gasteiger partial charge in [0.2, 0.25) is 15.9 Å². The van der Waals surface area contributed by atoms with Gasteiger partial charge < -0.3 is 4.90 Å². The SMILES string of the molecule is CC(C)N(C(=O)C1CN(S(=O)(=O)C2CC2)C1)C(C)C. The third-order valence-corrected chi connectivity index (χ3v) is 6.20. The molecule has 0 atom stereocenters. The fourth-order valence-corrected chi connectivity index (χ4v) is 4.62. The topological polar surface area (TPSA) is 57.7 Å². The lowest BCUT2D eigenvalue weighted by molar-refractivity contribution is -0.142. The van der Waals surface area contributed by atoms with E-state index in [-0.39, 0.29) is 29.2 Å². The second-order valence-electron chi connectivity index (χ2n) is 6.19. The summed E-state index contributed by atoms with van der Waals surface area (Å²) < 4.78 is 25.4. The van der Waals surface area contributed by atoms with Crippen LogP contribution >= 0.6 is 0 Å². The predicted octanol–water partition coefficient (Wildman–Crippen LogP) is 1.06. The van der Waals surface area contributed by atoms with Crippen molar-refractivity contribution in [1.29, 1.82) is 0 Å². The second kappa shape index (κ2) is 5.05. The molecule has 1 aliphatic heterocycles. The Hall–Kier alpha value is -0.620. The summed E-state index contributed by atoms with van der Waals surface area (Å²) in [5.41, 5.74) is 0. The molecule has 2 rings (SSSR count). The molecule has 2 fully saturated rings. The molecule has 1 heterocycles. The van der Waals surface area contributed by atoms with Gasteiger partial charge in [-0.05, 0) is 40.5 Å². The molecule has 0 radical (unpaired) electrons. The summed E-state index contributed by atoms with van der Waals surface area (Å²) in [7, 11) is -3.10. The average molecular weight is 288 g/mol. The molecule has 0 aromatic rings. The zero-order valence-electron chi connectivity index (χ0n) is 12.2. The van der Waals surface area contributed by atoms with Crippen LogP contribution in [0, 0.1) is 5.92 Å². The van der Waals surface area contributed by atoms with Crippen LogP contribution in [0.2, 0.25) is 0 Å². The van der Waals surface area contributed by atoms with Gasteiger partial charge in [-0.3, -0.25) is 4.79 Å². The van der Waals surface area contributed by atoms with Gasteiger partial charge in [-0.1, -0.05) is 0 Å². The van der Waals surface area contributed by atoms with Gasteiger partial charge in [0.25, 0.3) is 0 Å². The van der Waals surface area contributed by atoms with Crippen molar-refractivity contribution in [2.75, 3.05) is 13.1 Å². The Kier molecular flexibility index (Phi) is 3.93. The van der Waals surface area contributed by atoms with E-state index in [0.29, 0.717) is 13.1 Å². The fraction of sp³-hybridized carbons (Fsp3) is 0.923. The van der Waals surface area contributed by atoms with Gasteiger partial charge >= 0.3 is 0 Å². The number of hydrogen-bond acceptors (Lipinski definition) is 3. The van der Waals surface area contributed by atoms with Crippen molar-refractivity contribution in [3.05, 3.63) is 0 Å². The first-order valence-corrected chi connectivity index (χ1v) is 8.56. The van der Waals surface area contributed by atoms with Crippen LogP contribution in [0.15, 0.2) is 0 Å². The molecule has 1 saturated carbocycles. The molecular weight excluding hydrogens is 264 g/mol. The Morgan fingerprint density at radius 1 is 1.11 bits per heavy atom. The van der Waals surface area contributed by atoms with Crippen LogP contribution in [0.4, 0.5) is 0 Å². The smallest absolute Gasteiger partial charge is 0.228 e. The van der Waals surface area contributed by atoms with Crippen LogP contribution in [0.25, 0.3) is 0 Å². The lowest BCUT2D eigenvalue weighted by Crippen LogP contribution is -2.58. The lowest BCUT2D eigenvalue weighted by atomic mass is 10.00. The molecule has 19 heavy (non-hydrogen) atoms. The molecule has 6 heteroatoms. The maximum Gasteiger partial charge on any atom is 0.228 e. The molecule has 2 aliphatic rings. The van der Waals surface area contributed by atoms with E-state index < -0.39 is 10.0 Å². The molecule has 0 spiro atoms. The van der Waals surface area contributed by atoms with E-state index in [4.69, 9.17) is 0 Å². The number of amides is 1. The van der Waals surface area contributed by atoms with Crippen molar-refractivity contribution < 1.29 is 13.2 Å². The molecule has 0 unspecified atom stereocenters. The Morgan fingerprint density at radius 3 is 1.95 bits per heavy atom. The van der Waals surface area contributed by atoms with Crippen molar-refractivity contribution in [3.63, 3.8) is 0 Å². The van der Waals surface area contributed by atoms with Crippen LogP contribution in [0.3, 0.4) is 0 Å². The van der Waals surface area contributed by atoms with Crippen LogP contribution < -0.4 is 0 Å². The minimum Gasteiger partial charge on any atom is -0.338 e. The highest BCUT2D eigenvalue weighted by Gasteiger charge is 2.47. The number of carbonyl (C=O) groups excluding carboxylic acids is 1. The maximum atomic E-state index is 12.4. The molecule has 0 aromatic carbocycles. The highest BCUT2D eigenvalue weighted by Crippen LogP contribution is 2.35. The van der Waals surface area contributed by atoms with Gasteiger partial charge in [0.1, 0.15) is 0 Å². The first kappa shape index (κ1) is 14.8. The Labute approximate surface area is 116 Å². The largest absolute Gasteiger partial charge is 0.338 e. The summed E-state index contributed by atoms with van der Waals surface area (Å²) in [6.45, 7) is 8.72. The summed E-state index contributed by atoms with van der Waals surface area (Å²) in [6.07, 6.45) is 1.56. The Balaban J connectivity index is 1.94. The van der Waals surface area contributed by atoms with Crippen LogP contribution in [-0.4, -0.2) is 54.0 Å². The van der Waals surface area contributed by atoms with Crippen LogP contribution in [0.1, 0.15) is 40.5 Å². The van der Waals surface area contributed by atoms with Crippen molar-refractivity contribution >= 4 is 15.9 Å². The van der Waals surface area contributed by atoms with Crippen molar-refractivity contribution in [1.82, 2.24) is 9.21 Å². The maximum absolute atomic E-state index is 12.4. The van der Waals surface area contributed by atoms with Gasteiger partial charge in [-0.25, -0.2) is 8.42 Å². The highest BCUT2D eigenvalue weighted by atomic mass is 32.2. The summed E-state index contributed by atoms with van der Waals surface area (Å²) in [4.78, 5) is 14.2. The number of carbonyl (C=O) groups is 1. The third kappa shape index (κ3) is 2.79. The predicted molar refractivity (Wildman–Crippen MR) is 74.1 cm³/mol. The van der Waals surface area contributed by atoms with Gasteiger partial charge in [-0.15, -0.1) is 0 Å². The molecule has 110 valence electrons. The first-order valence-electron chi connectivity index (χ1n) is 7.06. The van der Waals surface area contributed by atoms with E-state index in [1.54, 1.807) is 0 Å². The van der Waals surface area contributed by atoms with Crippen molar-refractivity contribution in [3.8, 4) is 0 Å². The number of sulfonamides is 1. The first-order chi connectivity index (χ1) is 8.75. The molecule has 1 saturated heterocycles. The molecule has 0 N–H and O–H groups in total. The summed E-state index contributed by atoms with van der Waals surface area (Å²) in [5, 5.41) is -0.171. The quantitative estimate of drug-likeness (QED) is 0.760. The standard InChI is InChI=1S/C13H24N2O3S/c1-9(2)15(10(3)4)13(16)11-7-14(8-11)19(17,18)12-5-6-12/h9-12H,5-8H2,1-4H3. The zero-order valence-corrected chi connectivity index (χ0v) is 13.0. The van der Waals surface area contributed by atoms with Gasteiger partial charge in [0.15, 0.2) is 0 Å². The van der Waals surface area contributed by atoms with E-state index >= 15 is 0 Å². The molecule has 1 aliphatic carbocycles. The summed E-state index contributed by atoms with van der Waals surface area (Å²) in [6, 6.07) is 0.308. The van der Waals surface area contributed by atoms with E-state index in [2.05, 4.69) is 0 Å². The van der Waals surface area contributed by atoms with Gasteiger partial charge in [0.05, 0.1) is 11.2 Å². The van der Waals surface area contributed by atoms with E-state index in [1.807, 2.05) is 32.6 Å². The van der Waals surface area contributed by atoms with Gasteiger partial charge in [-0.2, -0.15) is 4.31 Å². The zero-order chi connectivity index (χ0) is 14.4. The number of nitrogens with zero attached hydrogens (tertiary/aromatic N) is 2. The van der Waals surface area contributed by atoms with E-state index in [9.17, 15) is 13.2 Å². The van der Waals surface area contributed by atoms with Crippen LogP contribution in [0.5, 0.6) is 0 Å². The van der Waals surface area contributed by atoms with Crippen molar-refractivity contribution in [2.45, 2.75) is 57.9 Å². The Bertz CT molecular complexity index is 441. The van der Waals surface area contributed by atoms with Gasteiger partial charge in [0, 0.05) is 25.2 Å². The monoisotopic (exact) mass is 288 g/mol.